The lowest BCUT2D eigenvalue weighted by molar-refractivity contribution is 0.275. The molecule has 3 heteroatoms. The van der Waals surface area contributed by atoms with Gasteiger partial charge in [0.05, 0.1) is 6.54 Å². The minimum Gasteiger partial charge on any atom is -0.348 e. The molecule has 0 aromatic carbocycles. The molecule has 1 aromatic heterocycles. The van der Waals surface area contributed by atoms with Crippen molar-refractivity contribution in [3.05, 3.63) is 18.2 Å². The molecule has 0 amide bonds. The highest BCUT2D eigenvalue weighted by Crippen LogP contribution is 2.29. The molecular formula is C13H23N3. The first-order valence-corrected chi connectivity index (χ1v) is 6.53. The van der Waals surface area contributed by atoms with Gasteiger partial charge in [0, 0.05) is 12.4 Å². The smallest absolute Gasteiger partial charge is 0.120 e. The summed E-state index contributed by atoms with van der Waals surface area (Å²) < 4.78 is 0. The van der Waals surface area contributed by atoms with Crippen LogP contribution in [-0.2, 0) is 6.54 Å². The molecule has 1 aromatic rings. The van der Waals surface area contributed by atoms with E-state index >= 15 is 0 Å². The molecule has 0 bridgehead atoms. The van der Waals surface area contributed by atoms with Gasteiger partial charge in [-0.3, -0.25) is 0 Å². The van der Waals surface area contributed by atoms with Crippen molar-refractivity contribution >= 4 is 0 Å². The van der Waals surface area contributed by atoms with Crippen LogP contribution < -0.4 is 5.32 Å². The Labute approximate surface area is 98.1 Å². The molecule has 0 atom stereocenters. The second-order valence-corrected chi connectivity index (χ2v) is 5.13. The molecule has 1 aliphatic carbocycles. The van der Waals surface area contributed by atoms with Gasteiger partial charge in [0.2, 0.25) is 0 Å². The van der Waals surface area contributed by atoms with E-state index in [4.69, 9.17) is 0 Å². The van der Waals surface area contributed by atoms with E-state index in [1.807, 2.05) is 6.20 Å². The first kappa shape index (κ1) is 11.6. The first-order valence-electron chi connectivity index (χ1n) is 6.53. The Balaban J connectivity index is 1.55. The van der Waals surface area contributed by atoms with Crippen molar-refractivity contribution in [1.82, 2.24) is 15.3 Å². The van der Waals surface area contributed by atoms with Crippen LogP contribution in [-0.4, -0.2) is 16.5 Å². The van der Waals surface area contributed by atoms with Crippen molar-refractivity contribution in [1.29, 1.82) is 0 Å². The van der Waals surface area contributed by atoms with Crippen LogP contribution in [0.25, 0.3) is 0 Å². The highest BCUT2D eigenvalue weighted by atomic mass is 15.0. The van der Waals surface area contributed by atoms with Gasteiger partial charge in [-0.15, -0.1) is 0 Å². The Morgan fingerprint density at radius 2 is 2.19 bits per heavy atom. The Morgan fingerprint density at radius 1 is 1.38 bits per heavy atom. The molecule has 2 rings (SSSR count). The summed E-state index contributed by atoms with van der Waals surface area (Å²) in [6, 6.07) is 0. The summed E-state index contributed by atoms with van der Waals surface area (Å²) >= 11 is 0. The number of rotatable bonds is 5. The molecule has 0 unspecified atom stereocenters. The van der Waals surface area contributed by atoms with Crippen molar-refractivity contribution in [2.75, 3.05) is 6.54 Å². The lowest BCUT2D eigenvalue weighted by Gasteiger charge is -2.26. The van der Waals surface area contributed by atoms with Crippen molar-refractivity contribution in [3.8, 4) is 0 Å². The summed E-state index contributed by atoms with van der Waals surface area (Å²) in [5.74, 6) is 2.96. The number of nitrogens with one attached hydrogen (secondary N) is 2. The van der Waals surface area contributed by atoms with Crippen molar-refractivity contribution < 1.29 is 0 Å². The lowest BCUT2D eigenvalue weighted by Crippen LogP contribution is -2.21. The molecule has 0 spiro atoms. The van der Waals surface area contributed by atoms with E-state index in [1.54, 1.807) is 6.20 Å². The fraction of sp³-hybridized carbons (Fsp3) is 0.769. The third kappa shape index (κ3) is 3.63. The van der Waals surface area contributed by atoms with Crippen LogP contribution in [0.4, 0.5) is 0 Å². The van der Waals surface area contributed by atoms with Crippen molar-refractivity contribution in [3.63, 3.8) is 0 Å². The molecule has 1 fully saturated rings. The van der Waals surface area contributed by atoms with Gasteiger partial charge in [-0.2, -0.15) is 0 Å². The Hall–Kier alpha value is -0.830. The normalized spacial score (nSPS) is 25.8. The number of hydrogen-bond acceptors (Lipinski definition) is 2. The summed E-state index contributed by atoms with van der Waals surface area (Å²) in [5.41, 5.74) is 0. The maximum atomic E-state index is 4.19. The van der Waals surface area contributed by atoms with Crippen LogP contribution in [0.5, 0.6) is 0 Å². The van der Waals surface area contributed by atoms with E-state index in [2.05, 4.69) is 22.2 Å². The molecule has 1 saturated carbocycles. The molecule has 0 aliphatic heterocycles. The zero-order chi connectivity index (χ0) is 11.2. The Bertz CT molecular complexity index is 273. The second-order valence-electron chi connectivity index (χ2n) is 5.13. The van der Waals surface area contributed by atoms with E-state index in [0.29, 0.717) is 0 Å². The molecule has 3 nitrogen and oxygen atoms in total. The molecular weight excluding hydrogens is 198 g/mol. The molecule has 90 valence electrons. The highest BCUT2D eigenvalue weighted by Gasteiger charge is 2.17. The molecule has 0 saturated heterocycles. The largest absolute Gasteiger partial charge is 0.348 e. The Kier molecular flexibility index (Phi) is 4.40. The van der Waals surface area contributed by atoms with Gasteiger partial charge in [-0.05, 0) is 24.8 Å². The van der Waals surface area contributed by atoms with Crippen LogP contribution in [0.15, 0.2) is 12.4 Å². The zero-order valence-electron chi connectivity index (χ0n) is 10.2. The molecule has 0 radical (unpaired) electrons. The van der Waals surface area contributed by atoms with Crippen LogP contribution in [0.3, 0.4) is 0 Å². The first-order chi connectivity index (χ1) is 7.84. The minimum atomic E-state index is 0.871. The Morgan fingerprint density at radius 3 is 2.88 bits per heavy atom. The molecule has 2 N–H and O–H groups in total. The number of hydrogen-bond donors (Lipinski definition) is 2. The molecule has 16 heavy (non-hydrogen) atoms. The van der Waals surface area contributed by atoms with E-state index in [0.717, 1.165) is 30.7 Å². The SMILES string of the molecule is CC1CCC(CCNCc2ncc[nH]2)CC1. The topological polar surface area (TPSA) is 40.7 Å². The zero-order valence-corrected chi connectivity index (χ0v) is 10.2. The molecule has 1 heterocycles. The minimum absolute atomic E-state index is 0.871. The average molecular weight is 221 g/mol. The van der Waals surface area contributed by atoms with Crippen LogP contribution in [0.1, 0.15) is 44.9 Å². The predicted octanol–water partition coefficient (Wildman–Crippen LogP) is 2.72. The molecule has 1 aliphatic rings. The summed E-state index contributed by atoms with van der Waals surface area (Å²) in [5, 5.41) is 3.45. The third-order valence-electron chi connectivity index (χ3n) is 3.71. The van der Waals surface area contributed by atoms with Crippen LogP contribution >= 0.6 is 0 Å². The van der Waals surface area contributed by atoms with E-state index in [1.165, 1.54) is 32.1 Å². The predicted molar refractivity (Wildman–Crippen MR) is 66.0 cm³/mol. The van der Waals surface area contributed by atoms with Gasteiger partial charge < -0.3 is 10.3 Å². The van der Waals surface area contributed by atoms with Crippen LogP contribution in [0.2, 0.25) is 0 Å². The number of aromatic nitrogens is 2. The average Bonchev–Trinajstić information content (AvgIpc) is 2.80. The van der Waals surface area contributed by atoms with Gasteiger partial charge in [0.1, 0.15) is 5.82 Å². The maximum Gasteiger partial charge on any atom is 0.120 e. The fourth-order valence-electron chi connectivity index (χ4n) is 2.53. The summed E-state index contributed by atoms with van der Waals surface area (Å²) in [6.07, 6.45) is 10.7. The van der Waals surface area contributed by atoms with Gasteiger partial charge in [-0.1, -0.05) is 32.6 Å². The van der Waals surface area contributed by atoms with E-state index < -0.39 is 0 Å². The van der Waals surface area contributed by atoms with Crippen molar-refractivity contribution in [2.24, 2.45) is 11.8 Å². The number of aromatic amines is 1. The summed E-state index contributed by atoms with van der Waals surface area (Å²) in [4.78, 5) is 7.30. The monoisotopic (exact) mass is 221 g/mol. The fourth-order valence-corrected chi connectivity index (χ4v) is 2.53. The van der Waals surface area contributed by atoms with Gasteiger partial charge in [-0.25, -0.2) is 4.98 Å². The summed E-state index contributed by atoms with van der Waals surface area (Å²) in [7, 11) is 0. The van der Waals surface area contributed by atoms with Crippen LogP contribution in [0, 0.1) is 11.8 Å². The second kappa shape index (κ2) is 6.04. The standard InChI is InChI=1S/C13H23N3/c1-11-2-4-12(5-3-11)6-7-14-10-13-15-8-9-16-13/h8-9,11-12,14H,2-7,10H2,1H3,(H,15,16). The van der Waals surface area contributed by atoms with E-state index in [-0.39, 0.29) is 0 Å². The van der Waals surface area contributed by atoms with Gasteiger partial charge in [0.25, 0.3) is 0 Å². The van der Waals surface area contributed by atoms with Gasteiger partial charge >= 0.3 is 0 Å². The summed E-state index contributed by atoms with van der Waals surface area (Å²) in [6.45, 7) is 4.38. The quantitative estimate of drug-likeness (QED) is 0.751. The highest BCUT2D eigenvalue weighted by molar-refractivity contribution is 4.85. The van der Waals surface area contributed by atoms with E-state index in [9.17, 15) is 0 Å². The van der Waals surface area contributed by atoms with Crippen molar-refractivity contribution in [2.45, 2.75) is 45.6 Å². The number of nitrogens with zero attached hydrogens (tertiary/aromatic N) is 1. The lowest BCUT2D eigenvalue weighted by atomic mass is 9.81. The third-order valence-corrected chi connectivity index (χ3v) is 3.71. The maximum absolute atomic E-state index is 4.19. The number of imidazole rings is 1. The van der Waals surface area contributed by atoms with Gasteiger partial charge in [0.15, 0.2) is 0 Å². The number of H-pyrrole nitrogens is 1.